The zero-order chi connectivity index (χ0) is 20.2. The van der Waals surface area contributed by atoms with Crippen LogP contribution in [0.2, 0.25) is 0 Å². The summed E-state index contributed by atoms with van der Waals surface area (Å²) in [7, 11) is 0. The van der Waals surface area contributed by atoms with Crippen LogP contribution in [0.3, 0.4) is 0 Å². The van der Waals surface area contributed by atoms with Gasteiger partial charge in [0.05, 0.1) is 0 Å². The molecule has 0 amide bonds. The van der Waals surface area contributed by atoms with E-state index in [1.54, 1.807) is 12.4 Å². The molecule has 1 heterocycles. The Bertz CT molecular complexity index is 739. The molecule has 4 nitrogen and oxygen atoms in total. The van der Waals surface area contributed by atoms with Gasteiger partial charge in [-0.15, -0.1) is 0 Å². The molecule has 0 aliphatic carbocycles. The van der Waals surface area contributed by atoms with Crippen LogP contribution in [-0.2, 0) is 11.2 Å². The number of carboxylic acids is 1. The van der Waals surface area contributed by atoms with Gasteiger partial charge < -0.3 is 5.11 Å². The second kappa shape index (κ2) is 12.1. The van der Waals surface area contributed by atoms with Crippen LogP contribution in [0, 0.1) is 0 Å². The van der Waals surface area contributed by atoms with Crippen LogP contribution in [0.1, 0.15) is 81.7 Å². The van der Waals surface area contributed by atoms with Gasteiger partial charge in [0.15, 0.2) is 5.82 Å². The third kappa shape index (κ3) is 6.91. The smallest absolute Gasteiger partial charge is 0.339 e. The van der Waals surface area contributed by atoms with Gasteiger partial charge >= 0.3 is 5.97 Å². The van der Waals surface area contributed by atoms with Crippen molar-refractivity contribution in [2.75, 3.05) is 0 Å². The van der Waals surface area contributed by atoms with Crippen molar-refractivity contribution in [3.63, 3.8) is 0 Å². The van der Waals surface area contributed by atoms with Crippen LogP contribution in [0.25, 0.3) is 5.57 Å². The number of carboxylic acid groups (broad SMARTS) is 1. The molecule has 1 unspecified atom stereocenters. The number of aliphatic carboxylic acids is 1. The highest BCUT2D eigenvalue weighted by Crippen LogP contribution is 2.27. The normalized spacial score (nSPS) is 12.7. The summed E-state index contributed by atoms with van der Waals surface area (Å²) in [5, 5.41) is 9.77. The number of hydrogen-bond donors (Lipinski definition) is 1. The molecular formula is C24H32N2O2. The molecule has 28 heavy (non-hydrogen) atoms. The maximum atomic E-state index is 11.9. The maximum Gasteiger partial charge on any atom is 0.339 e. The molecule has 1 aromatic heterocycles. The largest absolute Gasteiger partial charge is 0.478 e. The molecule has 4 heteroatoms. The van der Waals surface area contributed by atoms with E-state index in [0.717, 1.165) is 43.2 Å². The van der Waals surface area contributed by atoms with Gasteiger partial charge in [0.2, 0.25) is 0 Å². The minimum Gasteiger partial charge on any atom is -0.478 e. The zero-order valence-corrected chi connectivity index (χ0v) is 17.1. The third-order valence-electron chi connectivity index (χ3n) is 4.96. The molecule has 2 rings (SSSR count). The van der Waals surface area contributed by atoms with Crippen molar-refractivity contribution >= 4 is 11.5 Å². The molecule has 150 valence electrons. The molecule has 2 aromatic rings. The van der Waals surface area contributed by atoms with Crippen molar-refractivity contribution in [2.24, 2.45) is 0 Å². The Morgan fingerprint density at radius 2 is 1.68 bits per heavy atom. The average Bonchev–Trinajstić information content (AvgIpc) is 2.72. The Balaban J connectivity index is 2.20. The van der Waals surface area contributed by atoms with E-state index < -0.39 is 5.97 Å². The summed E-state index contributed by atoms with van der Waals surface area (Å²) < 4.78 is 0. The van der Waals surface area contributed by atoms with Gasteiger partial charge in [0.25, 0.3) is 0 Å². The second-order valence-electron chi connectivity index (χ2n) is 7.27. The molecule has 0 saturated heterocycles. The number of allylic oxidation sites excluding steroid dienone is 1. The Kier molecular flexibility index (Phi) is 9.40. The Labute approximate surface area is 168 Å². The predicted octanol–water partition coefficient (Wildman–Crippen LogP) is 6.04. The standard InChI is InChI=1S/C24H32N2O2/c1-3-5-7-9-12-19-17-25-23(26-18-19)22(24(27)28)16-21(13-6-4-2)20-14-10-8-11-15-20/h8,10-11,14-18,21H,3-7,9,12-13H2,1-2H3,(H,27,28)/b22-16+. The van der Waals surface area contributed by atoms with E-state index in [4.69, 9.17) is 0 Å². The first kappa shape index (κ1) is 21.8. The van der Waals surface area contributed by atoms with Gasteiger partial charge in [-0.25, -0.2) is 14.8 Å². The van der Waals surface area contributed by atoms with Crippen LogP contribution in [0.15, 0.2) is 48.8 Å². The molecule has 1 aromatic carbocycles. The predicted molar refractivity (Wildman–Crippen MR) is 114 cm³/mol. The van der Waals surface area contributed by atoms with E-state index in [-0.39, 0.29) is 11.5 Å². The SMILES string of the molecule is CCCCCCc1cnc(/C(=C\C(CCCC)c2ccccc2)C(=O)O)nc1. The lowest BCUT2D eigenvalue weighted by Crippen LogP contribution is -2.07. The quantitative estimate of drug-likeness (QED) is 0.360. The Morgan fingerprint density at radius 3 is 2.29 bits per heavy atom. The zero-order valence-electron chi connectivity index (χ0n) is 17.1. The fraction of sp³-hybridized carbons (Fsp3) is 0.458. The molecule has 1 atom stereocenters. The summed E-state index contributed by atoms with van der Waals surface area (Å²) >= 11 is 0. The number of benzene rings is 1. The number of aromatic nitrogens is 2. The van der Waals surface area contributed by atoms with Crippen LogP contribution in [0.5, 0.6) is 0 Å². The van der Waals surface area contributed by atoms with E-state index in [0.29, 0.717) is 5.82 Å². The van der Waals surface area contributed by atoms with Gasteiger partial charge in [-0.3, -0.25) is 0 Å². The van der Waals surface area contributed by atoms with E-state index in [9.17, 15) is 9.90 Å². The lowest BCUT2D eigenvalue weighted by atomic mass is 9.91. The van der Waals surface area contributed by atoms with Crippen LogP contribution >= 0.6 is 0 Å². The summed E-state index contributed by atoms with van der Waals surface area (Å²) in [5.41, 5.74) is 2.37. The number of hydrogen-bond acceptors (Lipinski definition) is 3. The van der Waals surface area contributed by atoms with E-state index >= 15 is 0 Å². The Morgan fingerprint density at radius 1 is 1.00 bits per heavy atom. The van der Waals surface area contributed by atoms with Crippen molar-refractivity contribution in [3.05, 3.63) is 65.8 Å². The number of unbranched alkanes of at least 4 members (excludes halogenated alkanes) is 4. The van der Waals surface area contributed by atoms with Crippen LogP contribution < -0.4 is 0 Å². The first-order chi connectivity index (χ1) is 13.7. The lowest BCUT2D eigenvalue weighted by molar-refractivity contribution is -0.130. The second-order valence-corrected chi connectivity index (χ2v) is 7.27. The van der Waals surface area contributed by atoms with Crippen molar-refractivity contribution in [1.29, 1.82) is 0 Å². The Hall–Kier alpha value is -2.49. The van der Waals surface area contributed by atoms with Crippen LogP contribution in [-0.4, -0.2) is 21.0 Å². The van der Waals surface area contributed by atoms with Gasteiger partial charge in [0, 0.05) is 18.3 Å². The van der Waals surface area contributed by atoms with E-state index in [2.05, 4.69) is 35.9 Å². The third-order valence-corrected chi connectivity index (χ3v) is 4.96. The maximum absolute atomic E-state index is 11.9. The molecule has 0 saturated carbocycles. The molecule has 0 radical (unpaired) electrons. The number of nitrogens with zero attached hydrogens (tertiary/aromatic N) is 2. The van der Waals surface area contributed by atoms with Crippen molar-refractivity contribution in [3.8, 4) is 0 Å². The van der Waals surface area contributed by atoms with Gasteiger partial charge in [-0.05, 0) is 30.4 Å². The molecule has 0 bridgehead atoms. The van der Waals surface area contributed by atoms with Gasteiger partial charge in [-0.2, -0.15) is 0 Å². The van der Waals surface area contributed by atoms with Crippen molar-refractivity contribution in [2.45, 2.75) is 71.1 Å². The summed E-state index contributed by atoms with van der Waals surface area (Å²) in [6.07, 6.45) is 14.1. The van der Waals surface area contributed by atoms with Gasteiger partial charge in [0.1, 0.15) is 5.57 Å². The van der Waals surface area contributed by atoms with E-state index in [1.165, 1.54) is 19.3 Å². The number of aryl methyl sites for hydroxylation is 1. The first-order valence-electron chi connectivity index (χ1n) is 10.5. The summed E-state index contributed by atoms with van der Waals surface area (Å²) in [6.45, 7) is 4.34. The molecular weight excluding hydrogens is 348 g/mol. The van der Waals surface area contributed by atoms with Gasteiger partial charge in [-0.1, -0.05) is 82.4 Å². The fourth-order valence-corrected chi connectivity index (χ4v) is 3.29. The monoisotopic (exact) mass is 380 g/mol. The summed E-state index contributed by atoms with van der Waals surface area (Å²) in [6, 6.07) is 10.1. The molecule has 0 fully saturated rings. The van der Waals surface area contributed by atoms with Crippen molar-refractivity contribution in [1.82, 2.24) is 9.97 Å². The molecule has 0 aliphatic heterocycles. The molecule has 1 N–H and O–H groups in total. The fourth-order valence-electron chi connectivity index (χ4n) is 3.29. The molecule has 0 spiro atoms. The topological polar surface area (TPSA) is 63.1 Å². The highest BCUT2D eigenvalue weighted by molar-refractivity contribution is 6.14. The summed E-state index contributed by atoms with van der Waals surface area (Å²) in [4.78, 5) is 20.7. The first-order valence-corrected chi connectivity index (χ1v) is 10.5. The van der Waals surface area contributed by atoms with Crippen molar-refractivity contribution < 1.29 is 9.90 Å². The number of rotatable bonds is 12. The van der Waals surface area contributed by atoms with E-state index in [1.807, 2.05) is 24.3 Å². The highest BCUT2D eigenvalue weighted by Gasteiger charge is 2.18. The highest BCUT2D eigenvalue weighted by atomic mass is 16.4. The number of carbonyl (C=O) groups is 1. The average molecular weight is 381 g/mol. The minimum absolute atomic E-state index is 0.0459. The lowest BCUT2D eigenvalue weighted by Gasteiger charge is -2.14. The summed E-state index contributed by atoms with van der Waals surface area (Å²) in [5.74, 6) is -0.639. The van der Waals surface area contributed by atoms with Crippen LogP contribution in [0.4, 0.5) is 0 Å². The minimum atomic E-state index is -0.979. The molecule has 0 aliphatic rings.